The molecule has 8 N–H and O–H groups in total. The molecule has 1 spiro atoms. The third-order valence-corrected chi connectivity index (χ3v) is 30.3. The number of halogens is 3. The van der Waals surface area contributed by atoms with Crippen molar-refractivity contribution in [2.45, 2.75) is 325 Å². The number of aliphatic carboxylic acids is 1. The van der Waals surface area contributed by atoms with E-state index in [0.29, 0.717) is 35.0 Å². The number of hydrogen-bond donors (Lipinski definition) is 6. The number of carboxylic acids is 1. The van der Waals surface area contributed by atoms with Crippen molar-refractivity contribution in [3.63, 3.8) is 0 Å². The number of carbonyl (C=O) groups is 3. The molecule has 99 heavy (non-hydrogen) atoms. The van der Waals surface area contributed by atoms with Gasteiger partial charge in [-0.25, -0.2) is 0 Å². The quantitative estimate of drug-likeness (QED) is 0.0418. The van der Waals surface area contributed by atoms with Gasteiger partial charge in [-0.15, -0.1) is 12.4 Å². The Morgan fingerprint density at radius 3 is 1.04 bits per heavy atom. The normalized spacial score (nSPS) is 34.9. The molecular weight excluding hydrogens is 1390 g/mol. The molecule has 15 heteroatoms. The molecule has 16 aliphatic rings. The number of allylic oxidation sites excluding steroid dienone is 2. The Labute approximate surface area is 634 Å². The number of aliphatic hydroxyl groups is 2. The van der Waals surface area contributed by atoms with Crippen molar-refractivity contribution in [1.82, 2.24) is 5.32 Å². The minimum atomic E-state index is -0.688. The average Bonchev–Trinajstić information content (AvgIpc) is 1.63. The van der Waals surface area contributed by atoms with Crippen molar-refractivity contribution in [3.05, 3.63) is 21.8 Å². The highest BCUT2D eigenvalue weighted by atomic mass is 79.9. The monoisotopic (exact) mass is 1550 g/mol. The molecule has 0 aromatic rings. The molecule has 15 aliphatic carbocycles. The van der Waals surface area contributed by atoms with Gasteiger partial charge in [-0.2, -0.15) is 0 Å². The Morgan fingerprint density at radius 1 is 0.505 bits per heavy atom. The zero-order valence-electron chi connectivity index (χ0n) is 57.7. The van der Waals surface area contributed by atoms with E-state index in [1.165, 1.54) is 171 Å². The van der Waals surface area contributed by atoms with Gasteiger partial charge in [0, 0.05) is 60.0 Å². The minimum absolute atomic E-state index is 0. The van der Waals surface area contributed by atoms with Crippen LogP contribution in [0.4, 0.5) is 0 Å². The Bertz CT molecular complexity index is 2090. The fourth-order valence-corrected chi connectivity index (χ4v) is 22.2. The van der Waals surface area contributed by atoms with Crippen molar-refractivity contribution < 1.29 is 34.6 Å². The average molecular weight is 1550 g/mol. The summed E-state index contributed by atoms with van der Waals surface area (Å²) in [5.41, 5.74) is 14.2. The molecule has 588 valence electrons. The van der Waals surface area contributed by atoms with E-state index >= 15 is 0 Å². The maximum atomic E-state index is 11.1. The maximum Gasteiger partial charge on any atom is 0.303 e. The summed E-state index contributed by atoms with van der Waals surface area (Å²) in [7, 11) is 0. The fourth-order valence-electron chi connectivity index (χ4n) is 20.5. The number of Topliss-reactive ketones (excluding diaryl/α,β-unsaturated/α-hetero) is 1. The zero-order chi connectivity index (χ0) is 64.8. The molecule has 0 unspecified atom stereocenters. The van der Waals surface area contributed by atoms with Crippen LogP contribution in [0, 0.1) is 138 Å². The number of ketones is 1. The highest BCUT2D eigenvalue weighted by molar-refractivity contribution is 9.09. The van der Waals surface area contributed by atoms with Gasteiger partial charge >= 0.3 is 5.97 Å². The molecule has 1 heterocycles. The molecule has 15 saturated carbocycles. The molecule has 1 saturated heterocycles. The first-order valence-corrected chi connectivity index (χ1v) is 40.0. The van der Waals surface area contributed by atoms with Gasteiger partial charge in [0.1, 0.15) is 5.78 Å². The number of hydrogen-bond acceptors (Lipinski definition) is 9. The van der Waals surface area contributed by atoms with Crippen LogP contribution in [0.1, 0.15) is 325 Å². The van der Waals surface area contributed by atoms with Crippen molar-refractivity contribution in [3.8, 4) is 0 Å². The first-order valence-electron chi connectivity index (χ1n) is 37.8. The van der Waals surface area contributed by atoms with Gasteiger partial charge < -0.3 is 32.1 Å². The summed E-state index contributed by atoms with van der Waals surface area (Å²) in [5, 5.41) is 41.9. The van der Waals surface area contributed by atoms with E-state index in [0.717, 1.165) is 172 Å². The van der Waals surface area contributed by atoms with E-state index in [-0.39, 0.29) is 120 Å². The molecular formula is C84H163Br2ClN4O8. The van der Waals surface area contributed by atoms with Gasteiger partial charge in [-0.1, -0.05) is 143 Å². The molecule has 0 aromatic heterocycles. The summed E-state index contributed by atoms with van der Waals surface area (Å²) in [6.07, 6.45) is 48.0. The van der Waals surface area contributed by atoms with Gasteiger partial charge in [0.15, 0.2) is 0 Å². The van der Waals surface area contributed by atoms with Crippen LogP contribution < -0.4 is 16.8 Å². The lowest BCUT2D eigenvalue weighted by Gasteiger charge is -2.35. The largest absolute Gasteiger partial charge is 0.481 e. The Hall–Kier alpha value is -1.16. The van der Waals surface area contributed by atoms with E-state index in [1.807, 2.05) is 0 Å². The lowest BCUT2D eigenvalue weighted by molar-refractivity contribution is -0.497. The molecule has 1 aliphatic heterocycles. The number of nitrogens with one attached hydrogen (secondary N) is 1. The van der Waals surface area contributed by atoms with Crippen LogP contribution in [0.5, 0.6) is 0 Å². The van der Waals surface area contributed by atoms with Gasteiger partial charge in [0.05, 0.1) is 6.42 Å². The van der Waals surface area contributed by atoms with Crippen molar-refractivity contribution in [1.29, 1.82) is 0 Å². The molecule has 18 atom stereocenters. The minimum Gasteiger partial charge on any atom is -0.481 e. The molecule has 0 bridgehead atoms. The first kappa shape index (κ1) is 99.9. The zero-order valence-corrected chi connectivity index (χ0v) is 61.7. The molecule has 12 nitrogen and oxygen atoms in total. The Morgan fingerprint density at radius 2 is 0.818 bits per heavy atom. The van der Waals surface area contributed by atoms with Gasteiger partial charge in [-0.05, 0) is 335 Å². The number of amides is 1. The van der Waals surface area contributed by atoms with E-state index in [4.69, 9.17) is 26.8 Å². The number of aliphatic hydroxyl groups excluding tert-OH is 2. The van der Waals surface area contributed by atoms with E-state index in [2.05, 4.69) is 77.9 Å². The molecule has 0 aromatic carbocycles. The summed E-state index contributed by atoms with van der Waals surface area (Å²) < 4.78 is 0. The molecule has 16 rings (SSSR count). The number of nitrogens with zero attached hydrogens (tertiary/aromatic N) is 1. The fraction of sp³-hybridized carbons (Fsp3) is 0.940. The Kier molecular flexibility index (Phi) is 47.2. The van der Waals surface area contributed by atoms with Crippen molar-refractivity contribution in [2.75, 3.05) is 50.1 Å². The smallest absolute Gasteiger partial charge is 0.303 e. The second-order valence-electron chi connectivity index (χ2n) is 33.4. The molecule has 0 radical (unpaired) electrons. The predicted molar refractivity (Wildman–Crippen MR) is 434 cm³/mol. The molecule has 1 amide bonds. The second-order valence-corrected chi connectivity index (χ2v) is 34.7. The van der Waals surface area contributed by atoms with Crippen LogP contribution in [0.2, 0.25) is 0 Å². The topological polar surface area (TPSA) is 219 Å². The lowest BCUT2D eigenvalue weighted by atomic mass is 9.71. The number of nitrogens with two attached hydrogens (primary N) is 2. The standard InChI is InChI=1S/2C10H17NO2.C10H15NO.C10H19N.C9H14.C8H16.C7H10O.C6H10Br2.C6H12O2.8CH4.ClH/c11-6-10(5-9(12)13)3-7-1-2-8(7)4-10;1-2-10(7-11(12)13)5-8-3-4-9(8)6-10;12-9-5-10(6-11-9)3-7-1-2-8(7)4-10;1-2-10(7-11)5-8-3-4-9(8)6-10;1-2-7-5-8-3-4-9(8)6-7;1-3-7-5-6-8(7)4-2;8-7-3-5-1-2-6(5)4-7;2*7-3-5-1-2-6(5)4-8;;;;;;;;;/h7-8H,1-6,11H2,(H,12,13);8-9H,2-7H2,1H3;7-8H,1-6H2,(H,11,12);8-9H,2-7,11H2,1H3;2,8-9H,3-6H2,1H3;7-8H,3-6H2,1-2H3;2*5-6H,1-4H2;5-8H,1-4H2;8*1H4;1H/t7-,8-;8-,9-;7-,8-;2*8-,9-;7-,8-;3*5-,6-;;;;;;;;;/m000001000........./s1. The van der Waals surface area contributed by atoms with Gasteiger partial charge in [-0.3, -0.25) is 24.5 Å². The highest BCUT2D eigenvalue weighted by Crippen LogP contribution is 2.60. The number of carboxylic acid groups (broad SMARTS) is 1. The summed E-state index contributed by atoms with van der Waals surface area (Å²) in [4.78, 5) is 43.0. The van der Waals surface area contributed by atoms with Crippen LogP contribution >= 0.6 is 44.3 Å². The number of alkyl halides is 2. The van der Waals surface area contributed by atoms with E-state index in [1.54, 1.807) is 5.57 Å². The summed E-state index contributed by atoms with van der Waals surface area (Å²) >= 11 is 6.97. The highest BCUT2D eigenvalue weighted by Gasteiger charge is 2.54. The number of carbonyl (C=O) groups excluding carboxylic acids is 2. The SMILES string of the molecule is BrC[C@@H]1CC[C@H]1CBr.C.C.C.C.C.C.C.C.CC=C1C[C@@H]2CC[C@H]2C1.CCC1(CN)C[C@@H]2CC[C@H]2C1.CCC1(C[N+](=O)[O-])C[C@@H]2CC[C@H]2C1.CC[C@@H]1CC[C@H]1CC.Cl.NCC1(CC(=O)O)C[C@@H]2CC[C@H]2C1.O=C1CC2(CN1)C[C@@H]1CC[C@H]1C2.O=C1C[C@@H]2CC[C@H]2C1.OC[C@@H]1CC[C@H]1CO. The maximum absolute atomic E-state index is 11.1. The van der Waals surface area contributed by atoms with E-state index < -0.39 is 5.97 Å². The summed E-state index contributed by atoms with van der Waals surface area (Å²) in [5.74, 6) is 16.3. The van der Waals surface area contributed by atoms with Crippen molar-refractivity contribution in [2.24, 2.45) is 140 Å². The third-order valence-electron chi connectivity index (χ3n) is 28.6. The van der Waals surface area contributed by atoms with Gasteiger partial charge in [0.25, 0.3) is 0 Å². The second kappa shape index (κ2) is 46.8. The van der Waals surface area contributed by atoms with E-state index in [9.17, 15) is 24.5 Å². The predicted octanol–water partition coefficient (Wildman–Crippen LogP) is 22.5. The number of fused-ring (bicyclic) bond motifs is 6. The molecule has 16 fully saturated rings. The van der Waals surface area contributed by atoms with Crippen LogP contribution in [0.25, 0.3) is 0 Å². The van der Waals surface area contributed by atoms with Crippen molar-refractivity contribution >= 4 is 61.9 Å². The Balaban J connectivity index is 0. The van der Waals surface area contributed by atoms with Crippen LogP contribution in [0.15, 0.2) is 11.6 Å². The summed E-state index contributed by atoms with van der Waals surface area (Å²) in [6, 6.07) is 0. The lowest BCUT2D eigenvalue weighted by Crippen LogP contribution is -2.31. The number of nitro groups is 1. The van der Waals surface area contributed by atoms with Crippen LogP contribution in [0.3, 0.4) is 0 Å². The van der Waals surface area contributed by atoms with Gasteiger partial charge in [0.2, 0.25) is 12.5 Å². The van der Waals surface area contributed by atoms with Crippen LogP contribution in [-0.4, -0.2) is 88.0 Å². The third kappa shape index (κ3) is 26.1. The van der Waals surface area contributed by atoms with Crippen LogP contribution in [-0.2, 0) is 14.4 Å². The number of rotatable bonds is 14. The summed E-state index contributed by atoms with van der Waals surface area (Å²) in [6.45, 7) is 14.4. The first-order chi connectivity index (χ1) is 43.3.